The molecule has 3 aromatic carbocycles. The zero-order chi connectivity index (χ0) is 28.9. The van der Waals surface area contributed by atoms with Crippen LogP contribution >= 0.6 is 0 Å². The van der Waals surface area contributed by atoms with E-state index >= 15 is 0 Å². The van der Waals surface area contributed by atoms with Crippen LogP contribution in [0.1, 0.15) is 43.9 Å². The Hall–Kier alpha value is -4.34. The lowest BCUT2D eigenvalue weighted by Crippen LogP contribution is -2.34. The lowest BCUT2D eigenvalue weighted by Gasteiger charge is -2.20. The molecule has 0 aliphatic rings. The number of nitrogens with zero attached hydrogens (tertiary/aromatic N) is 1. The second-order valence-electron chi connectivity index (χ2n) is 10.1. The molecular weight excluding hydrogens is 526 g/mol. The summed E-state index contributed by atoms with van der Waals surface area (Å²) in [6, 6.07) is 19.6. The van der Waals surface area contributed by atoms with Crippen LogP contribution in [0.3, 0.4) is 0 Å². The van der Waals surface area contributed by atoms with E-state index in [0.717, 1.165) is 0 Å². The van der Waals surface area contributed by atoms with E-state index < -0.39 is 30.2 Å². The summed E-state index contributed by atoms with van der Waals surface area (Å²) in [4.78, 5) is 11.8. The molecule has 10 heteroatoms. The normalized spacial score (nSPS) is 12.7. The maximum absolute atomic E-state index is 14.4. The number of allylic oxidation sites excluding steroid dienone is 1. The van der Waals surface area contributed by atoms with Crippen molar-refractivity contribution in [3.63, 3.8) is 0 Å². The van der Waals surface area contributed by atoms with Crippen molar-refractivity contribution in [3.8, 4) is 5.75 Å². The third kappa shape index (κ3) is 7.62. The van der Waals surface area contributed by atoms with Crippen molar-refractivity contribution in [1.82, 2.24) is 15.5 Å². The van der Waals surface area contributed by atoms with Gasteiger partial charge in [-0.2, -0.15) is 22.7 Å². The summed E-state index contributed by atoms with van der Waals surface area (Å²) in [7, 11) is 0. The zero-order valence-corrected chi connectivity index (χ0v) is 22.2. The number of carbonyl (C=O) groups excluding carboxylic acids is 1. The highest BCUT2D eigenvalue weighted by molar-refractivity contribution is 6.00. The Morgan fingerprint density at radius 1 is 0.925 bits per heavy atom. The minimum absolute atomic E-state index is 0.0478. The van der Waals surface area contributed by atoms with Crippen molar-refractivity contribution in [2.75, 3.05) is 13.2 Å². The Morgan fingerprint density at radius 3 is 2.25 bits per heavy atom. The zero-order valence-electron chi connectivity index (χ0n) is 22.2. The highest BCUT2D eigenvalue weighted by Gasteiger charge is 2.31. The molecule has 40 heavy (non-hydrogen) atoms. The predicted octanol–water partition coefficient (Wildman–Crippen LogP) is 7.52. The Morgan fingerprint density at radius 2 is 1.60 bits per heavy atom. The lowest BCUT2D eigenvalue weighted by molar-refractivity contribution is -0.122. The van der Waals surface area contributed by atoms with Gasteiger partial charge in [-0.25, -0.2) is 4.79 Å². The minimum atomic E-state index is -4.49. The molecule has 0 radical (unpaired) electrons. The van der Waals surface area contributed by atoms with Gasteiger partial charge in [-0.05, 0) is 72.9 Å². The van der Waals surface area contributed by atoms with Gasteiger partial charge in [0.1, 0.15) is 18.0 Å². The number of amides is 1. The van der Waals surface area contributed by atoms with Crippen LogP contribution < -0.4 is 10.1 Å². The second-order valence-corrected chi connectivity index (χ2v) is 10.1. The van der Waals surface area contributed by atoms with Crippen LogP contribution in [0.25, 0.3) is 22.0 Å². The molecule has 6 nitrogen and oxygen atoms in total. The average molecular weight is 556 g/mol. The predicted molar refractivity (Wildman–Crippen MR) is 145 cm³/mol. The fraction of sp³-hybridized carbons (Fsp3) is 0.267. The molecule has 210 valence electrons. The van der Waals surface area contributed by atoms with Gasteiger partial charge < -0.3 is 14.8 Å². The molecule has 0 unspecified atom stereocenters. The molecule has 0 aliphatic heterocycles. The molecule has 0 bridgehead atoms. The summed E-state index contributed by atoms with van der Waals surface area (Å²) < 4.78 is 66.8. The highest BCUT2D eigenvalue weighted by atomic mass is 19.4. The van der Waals surface area contributed by atoms with E-state index in [1.165, 1.54) is 6.07 Å². The average Bonchev–Trinajstić information content (AvgIpc) is 3.26. The Balaban J connectivity index is 1.67. The van der Waals surface area contributed by atoms with Crippen LogP contribution in [0.15, 0.2) is 72.8 Å². The molecule has 4 rings (SSSR count). The van der Waals surface area contributed by atoms with Crippen molar-refractivity contribution in [3.05, 3.63) is 95.4 Å². The molecular formula is C30H29F4N3O3. The standard InChI is InChI=1S/C30H29F4N3O3/c1-29(2,3)40-28(38)35-15-16-39-22-12-9-20(10-13-22)26(21-11-14-25-23(17-21)27(31)37-36-25)24(18-30(32,33)34)19-7-5-4-6-8-19/h4-14,17H,15-16,18H2,1-3H3,(H,35,38)(H,36,37)/b26-24+. The van der Waals surface area contributed by atoms with Crippen molar-refractivity contribution >= 4 is 28.1 Å². The number of nitrogens with one attached hydrogen (secondary N) is 2. The number of benzene rings is 3. The molecule has 4 aromatic rings. The van der Waals surface area contributed by atoms with E-state index in [9.17, 15) is 22.4 Å². The number of H-pyrrole nitrogens is 1. The lowest BCUT2D eigenvalue weighted by atomic mass is 9.87. The quantitative estimate of drug-likeness (QED) is 0.134. The first-order chi connectivity index (χ1) is 18.9. The molecule has 0 atom stereocenters. The number of alkyl halides is 3. The Kier molecular flexibility index (Phi) is 8.46. The SMILES string of the molecule is CC(C)(C)OC(=O)NCCOc1ccc(/C(=C(/CC(F)(F)F)c2ccccc2)c2ccc3n[nH]c(F)c3c2)cc1. The van der Waals surface area contributed by atoms with Crippen LogP contribution in [-0.2, 0) is 4.74 Å². The number of hydrogen-bond acceptors (Lipinski definition) is 4. The second kappa shape index (κ2) is 11.8. The van der Waals surface area contributed by atoms with Gasteiger partial charge >= 0.3 is 12.3 Å². The molecule has 1 amide bonds. The van der Waals surface area contributed by atoms with Gasteiger partial charge in [0, 0.05) is 0 Å². The number of alkyl carbamates (subject to hydrolysis) is 1. The number of ether oxygens (including phenoxy) is 2. The van der Waals surface area contributed by atoms with Crippen molar-refractivity contribution < 1.29 is 31.8 Å². The van der Waals surface area contributed by atoms with Gasteiger partial charge in [0.05, 0.1) is 23.9 Å². The molecule has 0 saturated heterocycles. The van der Waals surface area contributed by atoms with Crippen LogP contribution in [0.5, 0.6) is 5.75 Å². The van der Waals surface area contributed by atoms with E-state index in [4.69, 9.17) is 9.47 Å². The summed E-state index contributed by atoms with van der Waals surface area (Å²) in [5.41, 5.74) is 1.40. The molecule has 1 aromatic heterocycles. The summed E-state index contributed by atoms with van der Waals surface area (Å²) in [6.07, 6.45) is -6.25. The fourth-order valence-electron chi connectivity index (χ4n) is 4.18. The number of hydrogen-bond donors (Lipinski definition) is 2. The first-order valence-corrected chi connectivity index (χ1v) is 12.6. The third-order valence-corrected chi connectivity index (χ3v) is 5.78. The minimum Gasteiger partial charge on any atom is -0.492 e. The molecule has 2 N–H and O–H groups in total. The van der Waals surface area contributed by atoms with Crippen LogP contribution in [0.4, 0.5) is 22.4 Å². The monoisotopic (exact) mass is 555 g/mol. The van der Waals surface area contributed by atoms with Crippen LogP contribution in [0, 0.1) is 5.95 Å². The molecule has 1 heterocycles. The first-order valence-electron chi connectivity index (χ1n) is 12.6. The summed E-state index contributed by atoms with van der Waals surface area (Å²) in [5, 5.41) is 8.92. The van der Waals surface area contributed by atoms with E-state index in [1.54, 1.807) is 87.5 Å². The van der Waals surface area contributed by atoms with Gasteiger partial charge in [0.2, 0.25) is 5.95 Å². The van der Waals surface area contributed by atoms with Gasteiger partial charge in [-0.3, -0.25) is 5.10 Å². The Bertz CT molecular complexity index is 1490. The topological polar surface area (TPSA) is 76.2 Å². The largest absolute Gasteiger partial charge is 0.492 e. The fourth-order valence-corrected chi connectivity index (χ4v) is 4.18. The highest BCUT2D eigenvalue weighted by Crippen LogP contribution is 2.40. The molecule has 0 aliphatic carbocycles. The van der Waals surface area contributed by atoms with E-state index in [1.807, 2.05) is 0 Å². The first kappa shape index (κ1) is 28.7. The maximum atomic E-state index is 14.4. The van der Waals surface area contributed by atoms with Gasteiger partial charge in [-0.1, -0.05) is 48.5 Å². The number of fused-ring (bicyclic) bond motifs is 1. The molecule has 0 spiro atoms. The van der Waals surface area contributed by atoms with Crippen molar-refractivity contribution in [2.24, 2.45) is 0 Å². The van der Waals surface area contributed by atoms with E-state index in [0.29, 0.717) is 33.5 Å². The van der Waals surface area contributed by atoms with Crippen molar-refractivity contribution in [2.45, 2.75) is 39.0 Å². The maximum Gasteiger partial charge on any atom is 0.407 e. The number of aromatic amines is 1. The van der Waals surface area contributed by atoms with Gasteiger partial charge in [0.15, 0.2) is 0 Å². The number of halogens is 4. The Labute approximate surface area is 229 Å². The van der Waals surface area contributed by atoms with Crippen LogP contribution in [-0.4, -0.2) is 41.2 Å². The van der Waals surface area contributed by atoms with Crippen molar-refractivity contribution in [1.29, 1.82) is 0 Å². The molecule has 0 fully saturated rings. The van der Waals surface area contributed by atoms with E-state index in [-0.39, 0.29) is 24.1 Å². The van der Waals surface area contributed by atoms with E-state index in [2.05, 4.69) is 15.5 Å². The number of rotatable bonds is 8. The number of carbonyl (C=O) groups is 1. The van der Waals surface area contributed by atoms with Gasteiger partial charge in [-0.15, -0.1) is 0 Å². The smallest absolute Gasteiger partial charge is 0.407 e. The van der Waals surface area contributed by atoms with Gasteiger partial charge in [0.25, 0.3) is 0 Å². The summed E-state index contributed by atoms with van der Waals surface area (Å²) >= 11 is 0. The number of aromatic nitrogens is 2. The molecule has 0 saturated carbocycles. The van der Waals surface area contributed by atoms with Crippen LogP contribution in [0.2, 0.25) is 0 Å². The summed E-state index contributed by atoms with van der Waals surface area (Å²) in [6.45, 7) is 5.63. The third-order valence-electron chi connectivity index (χ3n) is 5.78. The summed E-state index contributed by atoms with van der Waals surface area (Å²) in [5.74, 6) is -0.209.